The summed E-state index contributed by atoms with van der Waals surface area (Å²) in [4.78, 5) is 49.5. The van der Waals surface area contributed by atoms with Crippen molar-refractivity contribution >= 4 is 24.2 Å². The van der Waals surface area contributed by atoms with Gasteiger partial charge in [0.1, 0.15) is 30.0 Å². The molecule has 0 saturated carbocycles. The Bertz CT molecular complexity index is 1050. The van der Waals surface area contributed by atoms with E-state index in [0.29, 0.717) is 18.4 Å². The van der Waals surface area contributed by atoms with Crippen LogP contribution in [0.4, 0.5) is 9.59 Å². The molecule has 0 aromatic heterocycles. The average Bonchev–Trinajstić information content (AvgIpc) is 2.87. The molecule has 0 aliphatic heterocycles. The minimum atomic E-state index is -1.08. The van der Waals surface area contributed by atoms with Crippen molar-refractivity contribution in [2.75, 3.05) is 6.61 Å². The summed E-state index contributed by atoms with van der Waals surface area (Å²) in [6.07, 6.45) is -1.52. The summed E-state index contributed by atoms with van der Waals surface area (Å²) in [6.45, 7) is 17.7. The van der Waals surface area contributed by atoms with Gasteiger partial charge in [-0.1, -0.05) is 40.7 Å². The van der Waals surface area contributed by atoms with E-state index in [1.54, 1.807) is 47.6 Å². The van der Waals surface area contributed by atoms with E-state index in [-0.39, 0.29) is 42.3 Å². The highest BCUT2D eigenvalue weighted by atomic mass is 16.8. The second-order valence-corrected chi connectivity index (χ2v) is 11.6. The number of hydrogen-bond acceptors (Lipinski definition) is 11. The molecule has 1 aromatic carbocycles. The second kappa shape index (κ2) is 15.6. The van der Waals surface area contributed by atoms with Gasteiger partial charge in [-0.25, -0.2) is 9.59 Å². The van der Waals surface area contributed by atoms with Crippen molar-refractivity contribution in [3.05, 3.63) is 23.8 Å². The summed E-state index contributed by atoms with van der Waals surface area (Å²) in [5, 5.41) is 0. The van der Waals surface area contributed by atoms with Crippen LogP contribution in [0.5, 0.6) is 11.5 Å². The SMILES string of the molecule is CCC(C)(C)OC(=O)Oc1ccc(C[C@H](N)C(=O)OC[C@H](C)OC(=O)C(C)C(C)C)cc1OC(=O)OC(C)(C)CC. The lowest BCUT2D eigenvalue weighted by molar-refractivity contribution is -0.162. The molecule has 0 radical (unpaired) electrons. The Balaban J connectivity index is 2.98. The lowest BCUT2D eigenvalue weighted by atomic mass is 9.98. The Morgan fingerprint density at radius 1 is 0.805 bits per heavy atom. The molecule has 0 aliphatic carbocycles. The van der Waals surface area contributed by atoms with Crippen molar-refractivity contribution in [1.82, 2.24) is 0 Å². The van der Waals surface area contributed by atoms with Crippen LogP contribution in [0.1, 0.15) is 87.6 Å². The number of ether oxygens (including phenoxy) is 6. The first-order valence-electron chi connectivity index (χ1n) is 14.0. The van der Waals surface area contributed by atoms with Crippen LogP contribution in [0.3, 0.4) is 0 Å². The second-order valence-electron chi connectivity index (χ2n) is 11.6. The summed E-state index contributed by atoms with van der Waals surface area (Å²) in [5.74, 6) is -1.45. The molecule has 3 atom stereocenters. The number of benzene rings is 1. The van der Waals surface area contributed by atoms with Gasteiger partial charge in [0.15, 0.2) is 11.5 Å². The highest BCUT2D eigenvalue weighted by molar-refractivity contribution is 5.76. The standard InChI is InChI=1S/C30H47NO10/c1-11-29(7,8)40-27(34)38-23-14-13-21(16-24(23)39-28(35)41-30(9,10)12-2)15-22(31)26(33)36-17-19(5)37-25(32)20(6)18(3)4/h13-14,16,18-20,22H,11-12,15,17,31H2,1-10H3/t19-,20?,22-/m0/s1. The summed E-state index contributed by atoms with van der Waals surface area (Å²) in [5.41, 5.74) is 5.00. The van der Waals surface area contributed by atoms with Crippen molar-refractivity contribution in [2.24, 2.45) is 17.6 Å². The highest BCUT2D eigenvalue weighted by Crippen LogP contribution is 2.31. The molecule has 0 spiro atoms. The summed E-state index contributed by atoms with van der Waals surface area (Å²) in [7, 11) is 0. The summed E-state index contributed by atoms with van der Waals surface area (Å²) < 4.78 is 31.9. The fraction of sp³-hybridized carbons (Fsp3) is 0.667. The van der Waals surface area contributed by atoms with Gasteiger partial charge in [-0.15, -0.1) is 0 Å². The average molecular weight is 582 g/mol. The molecule has 0 saturated heterocycles. The Morgan fingerprint density at radius 2 is 1.32 bits per heavy atom. The van der Waals surface area contributed by atoms with E-state index >= 15 is 0 Å². The Labute approximate surface area is 243 Å². The van der Waals surface area contributed by atoms with Gasteiger partial charge in [-0.2, -0.15) is 0 Å². The molecule has 0 fully saturated rings. The van der Waals surface area contributed by atoms with Crippen molar-refractivity contribution in [1.29, 1.82) is 0 Å². The van der Waals surface area contributed by atoms with Crippen molar-refractivity contribution in [3.63, 3.8) is 0 Å². The number of nitrogens with two attached hydrogens (primary N) is 1. The molecule has 11 nitrogen and oxygen atoms in total. The van der Waals surface area contributed by atoms with Crippen LogP contribution in [0.2, 0.25) is 0 Å². The van der Waals surface area contributed by atoms with Gasteiger partial charge >= 0.3 is 24.2 Å². The maximum Gasteiger partial charge on any atom is 0.514 e. The van der Waals surface area contributed by atoms with Crippen LogP contribution < -0.4 is 15.2 Å². The van der Waals surface area contributed by atoms with Crippen LogP contribution >= 0.6 is 0 Å². The fourth-order valence-corrected chi connectivity index (χ4v) is 2.92. The van der Waals surface area contributed by atoms with Crippen LogP contribution in [0, 0.1) is 11.8 Å². The van der Waals surface area contributed by atoms with Gasteiger partial charge in [-0.05, 0) is 77.5 Å². The van der Waals surface area contributed by atoms with Gasteiger partial charge in [0.05, 0.1) is 5.92 Å². The van der Waals surface area contributed by atoms with Crippen LogP contribution in [0.15, 0.2) is 18.2 Å². The zero-order valence-electron chi connectivity index (χ0n) is 26.0. The third kappa shape index (κ3) is 12.8. The lowest BCUT2D eigenvalue weighted by Crippen LogP contribution is -2.36. The van der Waals surface area contributed by atoms with E-state index in [4.69, 9.17) is 34.2 Å². The molecule has 1 rings (SSSR count). The molecule has 0 amide bonds. The van der Waals surface area contributed by atoms with E-state index < -0.39 is 41.6 Å². The van der Waals surface area contributed by atoms with Gasteiger partial charge in [0.25, 0.3) is 0 Å². The Morgan fingerprint density at radius 3 is 1.80 bits per heavy atom. The third-order valence-electron chi connectivity index (χ3n) is 6.72. The molecule has 0 aliphatic rings. The number of esters is 2. The molecule has 232 valence electrons. The first-order valence-corrected chi connectivity index (χ1v) is 14.0. The van der Waals surface area contributed by atoms with E-state index in [1.807, 2.05) is 27.7 Å². The van der Waals surface area contributed by atoms with Gasteiger partial charge in [-0.3, -0.25) is 9.59 Å². The van der Waals surface area contributed by atoms with E-state index in [1.165, 1.54) is 12.1 Å². The highest BCUT2D eigenvalue weighted by Gasteiger charge is 2.27. The minimum absolute atomic E-state index is 0.0108. The first kappa shape index (κ1) is 35.7. The monoisotopic (exact) mass is 581 g/mol. The van der Waals surface area contributed by atoms with Gasteiger partial charge in [0.2, 0.25) is 0 Å². The summed E-state index contributed by atoms with van der Waals surface area (Å²) >= 11 is 0. The molecule has 2 N–H and O–H groups in total. The van der Waals surface area contributed by atoms with E-state index in [2.05, 4.69) is 0 Å². The normalized spacial score (nSPS) is 14.0. The molecular weight excluding hydrogens is 534 g/mol. The summed E-state index contributed by atoms with van der Waals surface area (Å²) in [6, 6.07) is 3.30. The number of rotatable bonds is 14. The number of hydrogen-bond donors (Lipinski definition) is 1. The van der Waals surface area contributed by atoms with Crippen molar-refractivity contribution in [2.45, 2.75) is 112 Å². The fourth-order valence-electron chi connectivity index (χ4n) is 2.92. The van der Waals surface area contributed by atoms with Crippen molar-refractivity contribution < 1.29 is 47.6 Å². The van der Waals surface area contributed by atoms with Gasteiger partial charge in [0, 0.05) is 0 Å². The van der Waals surface area contributed by atoms with E-state index in [0.717, 1.165) is 0 Å². The minimum Gasteiger partial charge on any atom is -0.461 e. The molecule has 0 heterocycles. The zero-order valence-corrected chi connectivity index (χ0v) is 26.0. The van der Waals surface area contributed by atoms with E-state index in [9.17, 15) is 19.2 Å². The molecule has 1 aromatic rings. The lowest BCUT2D eigenvalue weighted by Gasteiger charge is -2.24. The smallest absolute Gasteiger partial charge is 0.461 e. The maximum atomic E-state index is 12.5. The molecule has 0 bridgehead atoms. The largest absolute Gasteiger partial charge is 0.514 e. The molecule has 41 heavy (non-hydrogen) atoms. The quantitative estimate of drug-likeness (QED) is 0.163. The Kier molecular flexibility index (Phi) is 13.6. The number of carbonyl (C=O) groups is 4. The first-order chi connectivity index (χ1) is 18.9. The number of carbonyl (C=O) groups excluding carboxylic acids is 4. The zero-order chi connectivity index (χ0) is 31.5. The maximum absolute atomic E-state index is 12.5. The van der Waals surface area contributed by atoms with Crippen molar-refractivity contribution in [3.8, 4) is 11.5 Å². The predicted molar refractivity (Wildman–Crippen MR) is 152 cm³/mol. The Hall–Kier alpha value is -3.34. The molecule has 11 heteroatoms. The molecule has 1 unspecified atom stereocenters. The van der Waals surface area contributed by atoms with Gasteiger partial charge < -0.3 is 34.2 Å². The third-order valence-corrected chi connectivity index (χ3v) is 6.72. The molecular formula is C30H47NO10. The van der Waals surface area contributed by atoms with Crippen LogP contribution in [-0.2, 0) is 35.0 Å². The van der Waals surface area contributed by atoms with Crippen LogP contribution in [-0.4, -0.2) is 54.2 Å². The van der Waals surface area contributed by atoms with Crippen LogP contribution in [0.25, 0.3) is 0 Å². The topological polar surface area (TPSA) is 150 Å². The predicted octanol–water partition coefficient (Wildman–Crippen LogP) is 5.73.